The van der Waals surface area contributed by atoms with Gasteiger partial charge in [0, 0.05) is 25.7 Å². The Kier molecular flexibility index (Phi) is 5.62. The third-order valence-electron chi connectivity index (χ3n) is 4.21. The van der Waals surface area contributed by atoms with Crippen molar-refractivity contribution in [3.05, 3.63) is 0 Å². The number of nitrogens with one attached hydrogen (secondary N) is 1. The summed E-state index contributed by atoms with van der Waals surface area (Å²) in [6, 6.07) is 0.401. The summed E-state index contributed by atoms with van der Waals surface area (Å²) in [5, 5.41) is 3.42. The SMILES string of the molecule is CN1CCCN(S(=O)(=O)CCC2CCCCN2)CC1. The first-order chi connectivity index (χ1) is 9.08. The molecule has 0 aromatic rings. The first-order valence-electron chi connectivity index (χ1n) is 7.48. The van der Waals surface area contributed by atoms with E-state index in [9.17, 15) is 8.42 Å². The third-order valence-corrected chi connectivity index (χ3v) is 6.11. The molecule has 6 heteroatoms. The molecule has 0 radical (unpaired) electrons. The second-order valence-electron chi connectivity index (χ2n) is 5.81. The molecule has 1 atom stereocenters. The van der Waals surface area contributed by atoms with Crippen LogP contribution in [0.4, 0.5) is 0 Å². The molecule has 1 N–H and O–H groups in total. The van der Waals surface area contributed by atoms with Crippen LogP contribution in [0, 0.1) is 0 Å². The molecule has 0 aromatic carbocycles. The lowest BCUT2D eigenvalue weighted by Crippen LogP contribution is -2.40. The Balaban J connectivity index is 1.83. The Morgan fingerprint density at radius 3 is 2.68 bits per heavy atom. The molecule has 0 aromatic heterocycles. The predicted molar refractivity (Wildman–Crippen MR) is 77.7 cm³/mol. The minimum absolute atomic E-state index is 0.300. The van der Waals surface area contributed by atoms with Gasteiger partial charge in [-0.05, 0) is 45.8 Å². The summed E-state index contributed by atoms with van der Waals surface area (Å²) in [6.07, 6.45) is 5.28. The molecule has 5 nitrogen and oxygen atoms in total. The average Bonchev–Trinajstić information content (AvgIpc) is 2.63. The quantitative estimate of drug-likeness (QED) is 0.818. The van der Waals surface area contributed by atoms with Crippen molar-refractivity contribution in [1.29, 1.82) is 0 Å². The zero-order valence-electron chi connectivity index (χ0n) is 12.0. The molecule has 2 fully saturated rings. The number of rotatable bonds is 4. The fraction of sp³-hybridized carbons (Fsp3) is 1.00. The predicted octanol–water partition coefficient (Wildman–Crippen LogP) is 0.486. The van der Waals surface area contributed by atoms with E-state index >= 15 is 0 Å². The van der Waals surface area contributed by atoms with Crippen molar-refractivity contribution in [2.45, 2.75) is 38.1 Å². The highest BCUT2D eigenvalue weighted by molar-refractivity contribution is 7.89. The van der Waals surface area contributed by atoms with Gasteiger partial charge in [-0.25, -0.2) is 12.7 Å². The molecule has 2 heterocycles. The summed E-state index contributed by atoms with van der Waals surface area (Å²) in [5.41, 5.74) is 0. The normalized spacial score (nSPS) is 28.2. The highest BCUT2D eigenvalue weighted by atomic mass is 32.2. The first-order valence-corrected chi connectivity index (χ1v) is 9.08. The Hall–Kier alpha value is -0.170. The highest BCUT2D eigenvalue weighted by Gasteiger charge is 2.25. The fourth-order valence-corrected chi connectivity index (χ4v) is 4.50. The van der Waals surface area contributed by atoms with Crippen LogP contribution in [-0.2, 0) is 10.0 Å². The molecule has 0 aliphatic carbocycles. The van der Waals surface area contributed by atoms with E-state index in [0.717, 1.165) is 38.9 Å². The van der Waals surface area contributed by atoms with Gasteiger partial charge in [0.2, 0.25) is 10.0 Å². The van der Waals surface area contributed by atoms with E-state index in [4.69, 9.17) is 0 Å². The lowest BCUT2D eigenvalue weighted by molar-refractivity contribution is 0.346. The van der Waals surface area contributed by atoms with Crippen LogP contribution in [0.1, 0.15) is 32.1 Å². The van der Waals surface area contributed by atoms with Crippen LogP contribution in [0.2, 0.25) is 0 Å². The molecule has 19 heavy (non-hydrogen) atoms. The van der Waals surface area contributed by atoms with E-state index in [2.05, 4.69) is 17.3 Å². The second kappa shape index (κ2) is 7.02. The van der Waals surface area contributed by atoms with Crippen molar-refractivity contribution < 1.29 is 8.42 Å². The molecule has 2 aliphatic heterocycles. The van der Waals surface area contributed by atoms with Crippen molar-refractivity contribution in [3.63, 3.8) is 0 Å². The van der Waals surface area contributed by atoms with Crippen LogP contribution in [0.3, 0.4) is 0 Å². The van der Waals surface area contributed by atoms with Crippen LogP contribution in [0.5, 0.6) is 0 Å². The minimum atomic E-state index is -3.06. The van der Waals surface area contributed by atoms with Gasteiger partial charge in [0.15, 0.2) is 0 Å². The standard InChI is InChI=1S/C13H27N3O2S/c1-15-8-4-9-16(11-10-15)19(17,18)12-6-13-5-2-3-7-14-13/h13-14H,2-12H2,1H3. The largest absolute Gasteiger partial charge is 0.314 e. The van der Waals surface area contributed by atoms with Crippen molar-refractivity contribution in [3.8, 4) is 0 Å². The lowest BCUT2D eigenvalue weighted by Gasteiger charge is -2.25. The summed E-state index contributed by atoms with van der Waals surface area (Å²) in [5.74, 6) is 0.300. The first kappa shape index (κ1) is 15.2. The monoisotopic (exact) mass is 289 g/mol. The topological polar surface area (TPSA) is 52.7 Å². The molecule has 0 spiro atoms. The van der Waals surface area contributed by atoms with E-state index in [1.807, 2.05) is 0 Å². The maximum absolute atomic E-state index is 12.4. The van der Waals surface area contributed by atoms with Gasteiger partial charge in [0.25, 0.3) is 0 Å². The number of likely N-dealkylation sites (N-methyl/N-ethyl adjacent to an activating group) is 1. The van der Waals surface area contributed by atoms with E-state index < -0.39 is 10.0 Å². The molecule has 0 saturated carbocycles. The Bertz CT molecular complexity index is 366. The molecule has 2 saturated heterocycles. The van der Waals surface area contributed by atoms with Crippen molar-refractivity contribution in [2.75, 3.05) is 45.5 Å². The van der Waals surface area contributed by atoms with Gasteiger partial charge in [-0.15, -0.1) is 0 Å². The molecular weight excluding hydrogens is 262 g/mol. The second-order valence-corrected chi connectivity index (χ2v) is 7.90. The van der Waals surface area contributed by atoms with Crippen molar-refractivity contribution in [2.24, 2.45) is 0 Å². The summed E-state index contributed by atoms with van der Waals surface area (Å²) in [6.45, 7) is 4.22. The van der Waals surface area contributed by atoms with Crippen LogP contribution < -0.4 is 5.32 Å². The number of nitrogens with zero attached hydrogens (tertiary/aromatic N) is 2. The summed E-state index contributed by atoms with van der Waals surface area (Å²) < 4.78 is 26.4. The lowest BCUT2D eigenvalue weighted by atomic mass is 10.0. The molecule has 0 bridgehead atoms. The molecule has 2 aliphatic rings. The number of piperidine rings is 1. The Labute approximate surface area is 117 Å². The third kappa shape index (κ3) is 4.70. The average molecular weight is 289 g/mol. The number of hydrogen-bond donors (Lipinski definition) is 1. The van der Waals surface area contributed by atoms with E-state index in [1.54, 1.807) is 4.31 Å². The minimum Gasteiger partial charge on any atom is -0.314 e. The maximum Gasteiger partial charge on any atom is 0.214 e. The van der Waals surface area contributed by atoms with E-state index in [-0.39, 0.29) is 0 Å². The van der Waals surface area contributed by atoms with Gasteiger partial charge in [0.1, 0.15) is 0 Å². The molecule has 112 valence electrons. The fourth-order valence-electron chi connectivity index (χ4n) is 2.89. The Morgan fingerprint density at radius 1 is 1.11 bits per heavy atom. The Morgan fingerprint density at radius 2 is 1.95 bits per heavy atom. The van der Waals surface area contributed by atoms with Crippen molar-refractivity contribution in [1.82, 2.24) is 14.5 Å². The molecule has 2 rings (SSSR count). The smallest absolute Gasteiger partial charge is 0.214 e. The zero-order valence-corrected chi connectivity index (χ0v) is 12.8. The highest BCUT2D eigenvalue weighted by Crippen LogP contribution is 2.14. The van der Waals surface area contributed by atoms with E-state index in [1.165, 1.54) is 12.8 Å². The van der Waals surface area contributed by atoms with Gasteiger partial charge < -0.3 is 10.2 Å². The summed E-state index contributed by atoms with van der Waals surface area (Å²) in [4.78, 5) is 2.21. The molecule has 0 amide bonds. The van der Waals surface area contributed by atoms with Crippen LogP contribution in [0.15, 0.2) is 0 Å². The van der Waals surface area contributed by atoms with Gasteiger partial charge >= 0.3 is 0 Å². The van der Waals surface area contributed by atoms with Crippen LogP contribution in [0.25, 0.3) is 0 Å². The van der Waals surface area contributed by atoms with Gasteiger partial charge in [-0.3, -0.25) is 0 Å². The number of sulfonamides is 1. The van der Waals surface area contributed by atoms with Gasteiger partial charge in [-0.2, -0.15) is 0 Å². The van der Waals surface area contributed by atoms with Crippen LogP contribution >= 0.6 is 0 Å². The van der Waals surface area contributed by atoms with E-state index in [0.29, 0.717) is 24.9 Å². The number of hydrogen-bond acceptors (Lipinski definition) is 4. The maximum atomic E-state index is 12.4. The summed E-state index contributed by atoms with van der Waals surface area (Å²) >= 11 is 0. The van der Waals surface area contributed by atoms with Crippen molar-refractivity contribution >= 4 is 10.0 Å². The summed E-state index contributed by atoms with van der Waals surface area (Å²) in [7, 11) is -1.01. The zero-order chi connectivity index (χ0) is 13.7. The van der Waals surface area contributed by atoms with Crippen LogP contribution in [-0.4, -0.2) is 69.2 Å². The molecule has 1 unspecified atom stereocenters. The van der Waals surface area contributed by atoms with Gasteiger partial charge in [-0.1, -0.05) is 6.42 Å². The van der Waals surface area contributed by atoms with Gasteiger partial charge in [0.05, 0.1) is 5.75 Å². The molecular formula is C13H27N3O2S.